The number of para-hydroxylation sites is 2. The van der Waals surface area contributed by atoms with E-state index in [1.165, 1.54) is 32.8 Å². The number of nitrogens with zero attached hydrogens (tertiary/aromatic N) is 3. The summed E-state index contributed by atoms with van der Waals surface area (Å²) in [4.78, 5) is 15.7. The minimum absolute atomic E-state index is 0.563. The summed E-state index contributed by atoms with van der Waals surface area (Å²) in [6.07, 6.45) is 0. The Balaban J connectivity index is 1.12. The van der Waals surface area contributed by atoms with Crippen molar-refractivity contribution in [1.82, 2.24) is 15.0 Å². The lowest BCUT2D eigenvalue weighted by atomic mass is 9.91. The van der Waals surface area contributed by atoms with Crippen LogP contribution in [0.5, 0.6) is 0 Å². The quantitative estimate of drug-likeness (QED) is 0.168. The number of hydrogen-bond donors (Lipinski definition) is 0. The van der Waals surface area contributed by atoms with Crippen LogP contribution in [-0.2, 0) is 0 Å². The van der Waals surface area contributed by atoms with Gasteiger partial charge in [0, 0.05) is 27.3 Å². The number of hydrogen-bond acceptors (Lipinski definition) is 4. The lowest BCUT2D eigenvalue weighted by molar-refractivity contribution is 0.669. The second kappa shape index (κ2) is 12.6. The molecule has 0 aliphatic carbocycles. The van der Waals surface area contributed by atoms with Gasteiger partial charge in [-0.25, -0.2) is 15.0 Å². The molecule has 0 radical (unpaired) electrons. The molecule has 0 saturated carbocycles. The first kappa shape index (κ1) is 31.1. The monoisotopic (exact) mass is 701 g/mol. The number of fused-ring (bicyclic) bond motifs is 7. The molecule has 0 N–H and O–H groups in total. The predicted molar refractivity (Wildman–Crippen MR) is 227 cm³/mol. The lowest BCUT2D eigenvalue weighted by Gasteiger charge is -2.14. The fourth-order valence-electron chi connectivity index (χ4n) is 8.15. The highest BCUT2D eigenvalue weighted by Gasteiger charge is 2.19. The third-order valence-corrected chi connectivity index (χ3v) is 10.7. The molecule has 0 aliphatic heterocycles. The highest BCUT2D eigenvalue weighted by Crippen LogP contribution is 2.40. The van der Waals surface area contributed by atoms with Gasteiger partial charge in [-0.3, -0.25) is 0 Å². The second-order valence-corrected chi connectivity index (χ2v) is 13.9. The van der Waals surface area contributed by atoms with Crippen molar-refractivity contribution in [2.24, 2.45) is 0 Å². The Kier molecular flexibility index (Phi) is 7.14. The molecule has 0 unspecified atom stereocenters. The van der Waals surface area contributed by atoms with Gasteiger partial charge in [0.1, 0.15) is 11.2 Å². The van der Waals surface area contributed by atoms with Crippen LogP contribution in [0.4, 0.5) is 0 Å². The third kappa shape index (κ3) is 5.19. The molecule has 4 nitrogen and oxygen atoms in total. The summed E-state index contributed by atoms with van der Waals surface area (Å²) in [6, 6.07) is 65.8. The minimum Gasteiger partial charge on any atom is -0.455 e. The molecule has 2 aromatic heterocycles. The summed E-state index contributed by atoms with van der Waals surface area (Å²) >= 11 is 0. The van der Waals surface area contributed by atoms with E-state index in [4.69, 9.17) is 19.4 Å². The zero-order chi connectivity index (χ0) is 36.3. The highest BCUT2D eigenvalue weighted by atomic mass is 16.3. The van der Waals surface area contributed by atoms with Crippen molar-refractivity contribution in [3.63, 3.8) is 0 Å². The Labute approximate surface area is 317 Å². The fraction of sp³-hybridized carbons (Fsp3) is 0. The van der Waals surface area contributed by atoms with E-state index >= 15 is 0 Å². The molecule has 4 heteroatoms. The molecule has 0 spiro atoms. The van der Waals surface area contributed by atoms with Gasteiger partial charge in [-0.05, 0) is 61.3 Å². The Hall–Kier alpha value is -7.43. The Bertz CT molecular complexity index is 3250. The number of rotatable bonds is 5. The van der Waals surface area contributed by atoms with Crippen molar-refractivity contribution < 1.29 is 4.42 Å². The predicted octanol–water partition coefficient (Wildman–Crippen LogP) is 13.6. The van der Waals surface area contributed by atoms with E-state index in [-0.39, 0.29) is 0 Å². The van der Waals surface area contributed by atoms with Crippen LogP contribution < -0.4 is 0 Å². The molecule has 0 amide bonds. The second-order valence-electron chi connectivity index (χ2n) is 13.9. The first-order valence-corrected chi connectivity index (χ1v) is 18.5. The lowest BCUT2D eigenvalue weighted by Crippen LogP contribution is -2.01. The molecular weight excluding hydrogens is 671 g/mol. The maximum absolute atomic E-state index is 6.50. The topological polar surface area (TPSA) is 51.8 Å². The van der Waals surface area contributed by atoms with Crippen molar-refractivity contribution in [1.29, 1.82) is 0 Å². The molecule has 0 aliphatic rings. The molecule has 2 heterocycles. The van der Waals surface area contributed by atoms with E-state index in [0.717, 1.165) is 60.4 Å². The van der Waals surface area contributed by atoms with E-state index in [1.54, 1.807) is 0 Å². The van der Waals surface area contributed by atoms with Crippen LogP contribution in [0.1, 0.15) is 0 Å². The van der Waals surface area contributed by atoms with Crippen LogP contribution in [-0.4, -0.2) is 15.0 Å². The highest BCUT2D eigenvalue weighted by molar-refractivity contribution is 6.14. The van der Waals surface area contributed by atoms with Gasteiger partial charge in [0.25, 0.3) is 0 Å². The first-order valence-electron chi connectivity index (χ1n) is 18.5. The maximum Gasteiger partial charge on any atom is 0.167 e. The van der Waals surface area contributed by atoms with Crippen LogP contribution in [0.15, 0.2) is 192 Å². The largest absolute Gasteiger partial charge is 0.455 e. The first-order chi connectivity index (χ1) is 27.3. The third-order valence-electron chi connectivity index (χ3n) is 10.7. The molecule has 0 fully saturated rings. The van der Waals surface area contributed by atoms with Gasteiger partial charge in [0.05, 0.1) is 5.56 Å². The van der Waals surface area contributed by atoms with Crippen molar-refractivity contribution >= 4 is 54.3 Å². The molecule has 11 aromatic rings. The average Bonchev–Trinajstić information content (AvgIpc) is 3.65. The smallest absolute Gasteiger partial charge is 0.167 e. The van der Waals surface area contributed by atoms with Gasteiger partial charge >= 0.3 is 0 Å². The maximum atomic E-state index is 6.50. The molecule has 0 atom stereocenters. The summed E-state index contributed by atoms with van der Waals surface area (Å²) in [5.74, 6) is 1.77. The molecular formula is C51H31N3O. The summed E-state index contributed by atoms with van der Waals surface area (Å²) in [6.45, 7) is 0. The van der Waals surface area contributed by atoms with Gasteiger partial charge in [0.15, 0.2) is 17.5 Å². The van der Waals surface area contributed by atoms with E-state index in [2.05, 4.69) is 164 Å². The molecule has 9 aromatic carbocycles. The minimum atomic E-state index is 0.563. The van der Waals surface area contributed by atoms with E-state index < -0.39 is 0 Å². The van der Waals surface area contributed by atoms with E-state index in [1.807, 2.05) is 24.3 Å². The standard InChI is InChI=1S/C51H31N3O/c1-2-12-32(13-3-1)39-20-8-15-35-16-9-21-40(46(35)39)34-27-30-37(31-28-34)49-52-50(43-23-10-17-36-29-26-33-14-4-5-18-38(33)47(36)43)54-51(53-49)44-24-11-22-42-41-19-6-7-25-45(41)55-48(42)44/h1-31H. The zero-order valence-corrected chi connectivity index (χ0v) is 29.6. The Morgan fingerprint density at radius 1 is 0.291 bits per heavy atom. The van der Waals surface area contributed by atoms with Crippen LogP contribution in [0.25, 0.3) is 111 Å². The molecule has 55 heavy (non-hydrogen) atoms. The SMILES string of the molecule is c1ccc(-c2cccc3cccc(-c4ccc(-c5nc(-c6cccc7c6oc6ccccc67)nc(-c6cccc7ccc8ccccc8c67)n5)cc4)c23)cc1. The molecule has 0 bridgehead atoms. The molecule has 0 saturated heterocycles. The van der Waals surface area contributed by atoms with Gasteiger partial charge < -0.3 is 4.42 Å². The Morgan fingerprint density at radius 3 is 1.58 bits per heavy atom. The molecule has 11 rings (SSSR count). The van der Waals surface area contributed by atoms with Crippen molar-refractivity contribution in [3.8, 4) is 56.4 Å². The van der Waals surface area contributed by atoms with E-state index in [0.29, 0.717) is 17.5 Å². The van der Waals surface area contributed by atoms with Crippen LogP contribution >= 0.6 is 0 Å². The number of benzene rings is 9. The number of aromatic nitrogens is 3. The van der Waals surface area contributed by atoms with Gasteiger partial charge in [-0.2, -0.15) is 0 Å². The fourth-order valence-corrected chi connectivity index (χ4v) is 8.15. The van der Waals surface area contributed by atoms with Gasteiger partial charge in [0.2, 0.25) is 0 Å². The zero-order valence-electron chi connectivity index (χ0n) is 29.6. The van der Waals surface area contributed by atoms with Crippen molar-refractivity contribution in [3.05, 3.63) is 188 Å². The van der Waals surface area contributed by atoms with E-state index in [9.17, 15) is 0 Å². The van der Waals surface area contributed by atoms with Crippen LogP contribution in [0.2, 0.25) is 0 Å². The van der Waals surface area contributed by atoms with Crippen molar-refractivity contribution in [2.45, 2.75) is 0 Å². The summed E-state index contributed by atoms with van der Waals surface area (Å²) in [5, 5.41) is 9.11. The normalized spacial score (nSPS) is 11.6. The van der Waals surface area contributed by atoms with Crippen LogP contribution in [0, 0.1) is 0 Å². The molecule has 256 valence electrons. The van der Waals surface area contributed by atoms with Gasteiger partial charge in [-0.15, -0.1) is 0 Å². The summed E-state index contributed by atoms with van der Waals surface area (Å²) in [5.41, 5.74) is 8.99. The van der Waals surface area contributed by atoms with Crippen LogP contribution in [0.3, 0.4) is 0 Å². The van der Waals surface area contributed by atoms with Crippen molar-refractivity contribution in [2.75, 3.05) is 0 Å². The summed E-state index contributed by atoms with van der Waals surface area (Å²) in [7, 11) is 0. The average molecular weight is 702 g/mol. The summed E-state index contributed by atoms with van der Waals surface area (Å²) < 4.78 is 6.50. The Morgan fingerprint density at radius 2 is 0.800 bits per heavy atom. The van der Waals surface area contributed by atoms with Gasteiger partial charge in [-0.1, -0.05) is 176 Å². The number of furan rings is 1.